The maximum Gasteiger partial charge on any atom is 0.193 e. The number of likely N-dealkylation sites (tertiary alicyclic amines) is 1. The highest BCUT2D eigenvalue weighted by Crippen LogP contribution is 2.24. The molecule has 2 saturated heterocycles. The molecule has 2 N–H and O–H groups in total. The molecule has 5 nitrogen and oxygen atoms in total. The molecule has 148 valence electrons. The zero-order valence-corrected chi connectivity index (χ0v) is 19.3. The molecule has 1 unspecified atom stereocenters. The van der Waals surface area contributed by atoms with Crippen LogP contribution in [0.25, 0.3) is 0 Å². The van der Waals surface area contributed by atoms with Gasteiger partial charge < -0.3 is 20.2 Å². The third-order valence-electron chi connectivity index (χ3n) is 4.92. The van der Waals surface area contributed by atoms with Crippen molar-refractivity contribution >= 4 is 41.7 Å². The van der Waals surface area contributed by atoms with Crippen LogP contribution in [-0.4, -0.2) is 83.8 Å². The molecular formula is C18H37IN4OS. The normalized spacial score (nSPS) is 23.6. The van der Waals surface area contributed by atoms with Crippen LogP contribution in [0.1, 0.15) is 40.0 Å². The Kier molecular flexibility index (Phi) is 11.8. The van der Waals surface area contributed by atoms with Crippen LogP contribution in [0.2, 0.25) is 0 Å². The largest absolute Gasteiger partial charge is 0.393 e. The van der Waals surface area contributed by atoms with Crippen LogP contribution in [0.15, 0.2) is 4.99 Å². The number of guanidine groups is 1. The first-order valence-corrected chi connectivity index (χ1v) is 10.7. The van der Waals surface area contributed by atoms with Crippen molar-refractivity contribution in [3.05, 3.63) is 0 Å². The number of nitrogens with one attached hydrogen (secondary N) is 1. The van der Waals surface area contributed by atoms with Crippen molar-refractivity contribution in [1.29, 1.82) is 0 Å². The molecule has 0 radical (unpaired) electrons. The second-order valence-corrected chi connectivity index (χ2v) is 8.61. The molecule has 2 heterocycles. The van der Waals surface area contributed by atoms with Gasteiger partial charge in [-0.3, -0.25) is 4.99 Å². The van der Waals surface area contributed by atoms with Crippen molar-refractivity contribution in [2.75, 3.05) is 51.6 Å². The molecular weight excluding hydrogens is 447 g/mol. The Labute approximate surface area is 175 Å². The van der Waals surface area contributed by atoms with Gasteiger partial charge in [0.15, 0.2) is 5.96 Å². The highest BCUT2D eigenvalue weighted by Gasteiger charge is 2.24. The van der Waals surface area contributed by atoms with Crippen molar-refractivity contribution in [1.82, 2.24) is 15.1 Å². The van der Waals surface area contributed by atoms with Gasteiger partial charge in [0.1, 0.15) is 0 Å². The molecule has 0 spiro atoms. The van der Waals surface area contributed by atoms with E-state index in [2.05, 4.69) is 47.6 Å². The maximum atomic E-state index is 9.57. The van der Waals surface area contributed by atoms with Crippen LogP contribution in [0, 0.1) is 5.92 Å². The minimum Gasteiger partial charge on any atom is -0.393 e. The summed E-state index contributed by atoms with van der Waals surface area (Å²) in [5.74, 6) is 3.01. The molecule has 0 aromatic carbocycles. The van der Waals surface area contributed by atoms with Crippen LogP contribution in [0.4, 0.5) is 0 Å². The van der Waals surface area contributed by atoms with E-state index in [0.29, 0.717) is 5.25 Å². The van der Waals surface area contributed by atoms with Gasteiger partial charge in [-0.15, -0.1) is 24.0 Å². The zero-order chi connectivity index (χ0) is 17.4. The lowest BCUT2D eigenvalue weighted by molar-refractivity contribution is 0.0824. The fourth-order valence-electron chi connectivity index (χ4n) is 3.32. The van der Waals surface area contributed by atoms with Crippen molar-refractivity contribution < 1.29 is 5.11 Å². The standard InChI is InChI=1S/C18H36N4OS.HI/c1-4-19-18(22-12-13-24-17(14-22)15(2)3)20-8-5-9-21-10-6-16(23)7-11-21;/h15-17,23H,4-14H2,1-3H3,(H,19,20);1H. The van der Waals surface area contributed by atoms with Crippen molar-refractivity contribution in [3.8, 4) is 0 Å². The topological polar surface area (TPSA) is 51.1 Å². The number of nitrogens with zero attached hydrogens (tertiary/aromatic N) is 3. The molecule has 1 atom stereocenters. The van der Waals surface area contributed by atoms with Gasteiger partial charge >= 0.3 is 0 Å². The quantitative estimate of drug-likeness (QED) is 0.263. The van der Waals surface area contributed by atoms with Crippen molar-refractivity contribution in [3.63, 3.8) is 0 Å². The Balaban J connectivity index is 0.00000312. The zero-order valence-electron chi connectivity index (χ0n) is 16.1. The van der Waals surface area contributed by atoms with Crippen LogP contribution in [-0.2, 0) is 0 Å². The molecule has 0 aromatic heterocycles. The van der Waals surface area contributed by atoms with Gasteiger partial charge in [-0.2, -0.15) is 11.8 Å². The minimum absolute atomic E-state index is 0. The fraction of sp³-hybridized carbons (Fsp3) is 0.944. The Morgan fingerprint density at radius 1 is 1.28 bits per heavy atom. The Hall–Kier alpha value is 0.270. The SMILES string of the molecule is CCNC(=NCCCN1CCC(O)CC1)N1CCSC(C(C)C)C1.I. The van der Waals surface area contributed by atoms with E-state index >= 15 is 0 Å². The molecule has 0 amide bonds. The summed E-state index contributed by atoms with van der Waals surface area (Å²) >= 11 is 2.11. The van der Waals surface area contributed by atoms with E-state index in [-0.39, 0.29) is 30.1 Å². The van der Waals surface area contributed by atoms with Gasteiger partial charge in [-0.05, 0) is 38.6 Å². The summed E-state index contributed by atoms with van der Waals surface area (Å²) in [6.45, 7) is 14.0. The number of hydrogen-bond acceptors (Lipinski definition) is 4. The van der Waals surface area contributed by atoms with Crippen LogP contribution >= 0.6 is 35.7 Å². The van der Waals surface area contributed by atoms with Gasteiger partial charge in [0.05, 0.1) is 6.10 Å². The first-order valence-electron chi connectivity index (χ1n) is 9.65. The average Bonchev–Trinajstić information content (AvgIpc) is 2.59. The van der Waals surface area contributed by atoms with E-state index in [1.807, 2.05) is 0 Å². The van der Waals surface area contributed by atoms with Gasteiger partial charge in [0.25, 0.3) is 0 Å². The first kappa shape index (κ1) is 23.3. The van der Waals surface area contributed by atoms with Crippen LogP contribution in [0.3, 0.4) is 0 Å². The van der Waals surface area contributed by atoms with E-state index < -0.39 is 0 Å². The smallest absolute Gasteiger partial charge is 0.193 e. The third kappa shape index (κ3) is 8.22. The number of halogens is 1. The van der Waals surface area contributed by atoms with Crippen LogP contribution in [0.5, 0.6) is 0 Å². The molecule has 0 aromatic rings. The Morgan fingerprint density at radius 2 is 2.00 bits per heavy atom. The second-order valence-electron chi connectivity index (χ2n) is 7.26. The van der Waals surface area contributed by atoms with Gasteiger partial charge in [0, 0.05) is 50.3 Å². The summed E-state index contributed by atoms with van der Waals surface area (Å²) in [5.41, 5.74) is 0. The molecule has 0 aliphatic carbocycles. The minimum atomic E-state index is -0.0782. The summed E-state index contributed by atoms with van der Waals surface area (Å²) < 4.78 is 0. The number of aliphatic hydroxyl groups excluding tert-OH is 1. The number of rotatable bonds is 6. The molecule has 0 saturated carbocycles. The van der Waals surface area contributed by atoms with Gasteiger partial charge in [0.2, 0.25) is 0 Å². The van der Waals surface area contributed by atoms with E-state index in [1.54, 1.807) is 0 Å². The maximum absolute atomic E-state index is 9.57. The number of thioether (sulfide) groups is 1. The third-order valence-corrected chi connectivity index (χ3v) is 6.46. The monoisotopic (exact) mass is 484 g/mol. The van der Waals surface area contributed by atoms with Crippen LogP contribution < -0.4 is 5.32 Å². The van der Waals surface area contributed by atoms with Gasteiger partial charge in [-0.1, -0.05) is 13.8 Å². The predicted octanol–water partition coefficient (Wildman–Crippen LogP) is 2.49. The van der Waals surface area contributed by atoms with E-state index in [1.165, 1.54) is 5.75 Å². The average molecular weight is 484 g/mol. The van der Waals surface area contributed by atoms with E-state index in [9.17, 15) is 5.11 Å². The highest BCUT2D eigenvalue weighted by atomic mass is 127. The van der Waals surface area contributed by atoms with E-state index in [4.69, 9.17) is 4.99 Å². The molecule has 2 fully saturated rings. The number of aliphatic hydroxyl groups is 1. The molecule has 2 rings (SSSR count). The predicted molar refractivity (Wildman–Crippen MR) is 120 cm³/mol. The fourth-order valence-corrected chi connectivity index (χ4v) is 4.62. The van der Waals surface area contributed by atoms with E-state index in [0.717, 1.165) is 77.0 Å². The van der Waals surface area contributed by atoms with Crippen molar-refractivity contribution in [2.45, 2.75) is 51.4 Å². The van der Waals surface area contributed by atoms with Crippen molar-refractivity contribution in [2.24, 2.45) is 10.9 Å². The molecule has 2 aliphatic rings. The second kappa shape index (κ2) is 12.6. The number of aliphatic imine (C=N–C) groups is 1. The first-order chi connectivity index (χ1) is 11.6. The Morgan fingerprint density at radius 3 is 2.64 bits per heavy atom. The lowest BCUT2D eigenvalue weighted by Crippen LogP contribution is -2.49. The summed E-state index contributed by atoms with van der Waals surface area (Å²) in [7, 11) is 0. The lowest BCUT2D eigenvalue weighted by Gasteiger charge is -2.36. The summed E-state index contributed by atoms with van der Waals surface area (Å²) in [5, 5.41) is 13.8. The van der Waals surface area contributed by atoms with Gasteiger partial charge in [-0.25, -0.2) is 0 Å². The highest BCUT2D eigenvalue weighted by molar-refractivity contribution is 14.0. The molecule has 7 heteroatoms. The molecule has 0 bridgehead atoms. The lowest BCUT2D eigenvalue weighted by atomic mass is 10.1. The summed E-state index contributed by atoms with van der Waals surface area (Å²) in [6.07, 6.45) is 2.87. The molecule has 2 aliphatic heterocycles. The number of hydrogen-bond donors (Lipinski definition) is 2. The summed E-state index contributed by atoms with van der Waals surface area (Å²) in [6, 6.07) is 0. The summed E-state index contributed by atoms with van der Waals surface area (Å²) in [4.78, 5) is 9.78. The molecule has 25 heavy (non-hydrogen) atoms. The Bertz CT molecular complexity index is 389. The number of piperidine rings is 1.